The Kier molecular flexibility index (Phi) is 7.37. The molecule has 0 spiro atoms. The maximum absolute atomic E-state index is 12.5. The molecule has 0 bridgehead atoms. The van der Waals surface area contributed by atoms with Crippen LogP contribution < -0.4 is 14.4 Å². The number of ether oxygens (including phenoxy) is 2. The van der Waals surface area contributed by atoms with E-state index in [1.807, 2.05) is 30.3 Å². The zero-order valence-corrected chi connectivity index (χ0v) is 19.4. The van der Waals surface area contributed by atoms with E-state index in [1.165, 1.54) is 17.4 Å². The van der Waals surface area contributed by atoms with Crippen molar-refractivity contribution in [3.63, 3.8) is 0 Å². The maximum atomic E-state index is 12.5. The minimum Gasteiger partial charge on any atom is -0.493 e. The number of amidine groups is 1. The van der Waals surface area contributed by atoms with Crippen LogP contribution in [0.2, 0.25) is 0 Å². The highest BCUT2D eigenvalue weighted by atomic mass is 32.2. The van der Waals surface area contributed by atoms with Crippen molar-refractivity contribution in [2.75, 3.05) is 44.8 Å². The summed E-state index contributed by atoms with van der Waals surface area (Å²) in [7, 11) is 1.63. The normalized spacial score (nSPS) is 17.6. The summed E-state index contributed by atoms with van der Waals surface area (Å²) in [5.74, 6) is 1.21. The van der Waals surface area contributed by atoms with E-state index in [0.717, 1.165) is 55.5 Å². The predicted octanol–water partition coefficient (Wildman–Crippen LogP) is 4.67. The van der Waals surface area contributed by atoms with Crippen molar-refractivity contribution in [3.8, 4) is 11.5 Å². The molecule has 0 radical (unpaired) electrons. The summed E-state index contributed by atoms with van der Waals surface area (Å²) in [6.45, 7) is 6.31. The fourth-order valence-electron chi connectivity index (χ4n) is 3.70. The van der Waals surface area contributed by atoms with E-state index in [9.17, 15) is 4.79 Å². The lowest BCUT2D eigenvalue weighted by Gasteiger charge is -2.36. The Balaban J connectivity index is 1.38. The number of anilines is 1. The Morgan fingerprint density at radius 3 is 2.50 bits per heavy atom. The maximum Gasteiger partial charge on any atom is 0.286 e. The second-order valence-electron chi connectivity index (χ2n) is 7.73. The van der Waals surface area contributed by atoms with Gasteiger partial charge in [0, 0.05) is 31.9 Å². The molecule has 2 heterocycles. The third-order valence-corrected chi connectivity index (χ3v) is 6.57. The molecule has 0 aliphatic carbocycles. The monoisotopic (exact) mass is 451 g/mol. The number of para-hydroxylation sites is 1. The molecule has 32 heavy (non-hydrogen) atoms. The van der Waals surface area contributed by atoms with E-state index in [2.05, 4.69) is 46.0 Å². The molecule has 0 saturated carbocycles. The van der Waals surface area contributed by atoms with Crippen LogP contribution in [0, 0.1) is 0 Å². The van der Waals surface area contributed by atoms with Gasteiger partial charge in [-0.15, -0.1) is 0 Å². The number of carbonyl (C=O) groups is 1. The molecule has 4 rings (SSSR count). The number of methoxy groups -OCH3 is 1. The molecule has 2 aliphatic rings. The van der Waals surface area contributed by atoms with E-state index >= 15 is 0 Å². The largest absolute Gasteiger partial charge is 0.493 e. The molecule has 6 nitrogen and oxygen atoms in total. The molecule has 1 fully saturated rings. The fourth-order valence-corrected chi connectivity index (χ4v) is 4.66. The molecule has 0 aromatic heterocycles. The van der Waals surface area contributed by atoms with Crippen molar-refractivity contribution in [2.24, 2.45) is 4.99 Å². The number of benzene rings is 2. The average molecular weight is 452 g/mol. The van der Waals surface area contributed by atoms with Gasteiger partial charge in [-0.2, -0.15) is 4.99 Å². The topological polar surface area (TPSA) is 54.4 Å². The third kappa shape index (κ3) is 5.27. The van der Waals surface area contributed by atoms with Gasteiger partial charge in [0.2, 0.25) is 0 Å². The Labute approximate surface area is 193 Å². The quantitative estimate of drug-likeness (QED) is 0.451. The van der Waals surface area contributed by atoms with Crippen molar-refractivity contribution in [1.82, 2.24) is 4.90 Å². The van der Waals surface area contributed by atoms with Gasteiger partial charge >= 0.3 is 0 Å². The molecular weight excluding hydrogens is 422 g/mol. The van der Waals surface area contributed by atoms with E-state index < -0.39 is 0 Å². The number of piperazine rings is 1. The molecule has 2 aliphatic heterocycles. The van der Waals surface area contributed by atoms with Crippen molar-refractivity contribution >= 4 is 34.6 Å². The predicted molar refractivity (Wildman–Crippen MR) is 132 cm³/mol. The smallest absolute Gasteiger partial charge is 0.286 e. The first-order chi connectivity index (χ1) is 15.7. The van der Waals surface area contributed by atoms with Crippen LogP contribution in [0.5, 0.6) is 11.5 Å². The number of aliphatic imine (C=N–C) groups is 1. The summed E-state index contributed by atoms with van der Waals surface area (Å²) in [6.07, 6.45) is 3.96. The minimum atomic E-state index is -0.183. The standard InChI is InChI=1S/C25H29N3O3S/c1-3-4-16-31-21-11-10-19(17-22(21)30-2)18-23-24(29)26-25(32-23)28-14-12-27(13-15-28)20-8-6-5-7-9-20/h5-11,17-18H,3-4,12-16H2,1-2H3/b23-18-. The summed E-state index contributed by atoms with van der Waals surface area (Å²) in [6, 6.07) is 16.2. The Bertz CT molecular complexity index is 999. The van der Waals surface area contributed by atoms with Gasteiger partial charge < -0.3 is 19.3 Å². The van der Waals surface area contributed by atoms with Gasteiger partial charge in [-0.3, -0.25) is 4.79 Å². The average Bonchev–Trinajstić information content (AvgIpc) is 3.20. The second-order valence-corrected chi connectivity index (χ2v) is 8.74. The number of thioether (sulfide) groups is 1. The van der Waals surface area contributed by atoms with Crippen LogP contribution in [0.15, 0.2) is 58.4 Å². The van der Waals surface area contributed by atoms with E-state index in [1.54, 1.807) is 7.11 Å². The van der Waals surface area contributed by atoms with Gasteiger partial charge in [0.05, 0.1) is 18.6 Å². The molecule has 168 valence electrons. The second kappa shape index (κ2) is 10.6. The highest BCUT2D eigenvalue weighted by Crippen LogP contribution is 2.34. The SMILES string of the molecule is CCCCOc1ccc(/C=C2\SC(N3CCN(c4ccccc4)CC3)=NC2=O)cc1OC. The van der Waals surface area contributed by atoms with Crippen LogP contribution in [0.4, 0.5) is 5.69 Å². The van der Waals surface area contributed by atoms with Crippen molar-refractivity contribution in [3.05, 3.63) is 59.0 Å². The lowest BCUT2D eigenvalue weighted by molar-refractivity contribution is -0.113. The number of hydrogen-bond acceptors (Lipinski definition) is 6. The molecule has 0 atom stereocenters. The zero-order valence-electron chi connectivity index (χ0n) is 18.6. The van der Waals surface area contributed by atoms with Crippen LogP contribution in [-0.4, -0.2) is 55.9 Å². The Morgan fingerprint density at radius 1 is 1.03 bits per heavy atom. The van der Waals surface area contributed by atoms with Crippen molar-refractivity contribution in [2.45, 2.75) is 19.8 Å². The summed E-state index contributed by atoms with van der Waals surface area (Å²) in [5.41, 5.74) is 2.13. The van der Waals surface area contributed by atoms with Gasteiger partial charge in [-0.25, -0.2) is 0 Å². The number of amides is 1. The van der Waals surface area contributed by atoms with Gasteiger partial charge in [0.25, 0.3) is 5.91 Å². The Morgan fingerprint density at radius 2 is 1.78 bits per heavy atom. The summed E-state index contributed by atoms with van der Waals surface area (Å²) < 4.78 is 11.3. The number of nitrogens with zero attached hydrogens (tertiary/aromatic N) is 3. The van der Waals surface area contributed by atoms with Crippen molar-refractivity contribution in [1.29, 1.82) is 0 Å². The zero-order chi connectivity index (χ0) is 22.3. The van der Waals surface area contributed by atoms with Gasteiger partial charge in [0.1, 0.15) is 0 Å². The summed E-state index contributed by atoms with van der Waals surface area (Å²) in [4.78, 5) is 22.1. The van der Waals surface area contributed by atoms with E-state index in [4.69, 9.17) is 9.47 Å². The first-order valence-corrected chi connectivity index (χ1v) is 11.9. The molecule has 0 N–H and O–H groups in total. The molecule has 0 unspecified atom stereocenters. The van der Waals surface area contributed by atoms with E-state index in [0.29, 0.717) is 17.3 Å². The highest BCUT2D eigenvalue weighted by molar-refractivity contribution is 8.18. The molecular formula is C25H29N3O3S. The number of hydrogen-bond donors (Lipinski definition) is 0. The van der Waals surface area contributed by atoms with Gasteiger partial charge in [-0.05, 0) is 54.1 Å². The lowest BCUT2D eigenvalue weighted by atomic mass is 10.2. The molecule has 7 heteroatoms. The van der Waals surface area contributed by atoms with Crippen molar-refractivity contribution < 1.29 is 14.3 Å². The molecule has 2 aromatic carbocycles. The first kappa shape index (κ1) is 22.3. The highest BCUT2D eigenvalue weighted by Gasteiger charge is 2.28. The molecule has 1 amide bonds. The third-order valence-electron chi connectivity index (χ3n) is 5.52. The molecule has 2 aromatic rings. The summed E-state index contributed by atoms with van der Waals surface area (Å²) >= 11 is 1.45. The summed E-state index contributed by atoms with van der Waals surface area (Å²) in [5, 5.41) is 0.792. The fraction of sp³-hybridized carbons (Fsp3) is 0.360. The Hall–Kier alpha value is -2.93. The van der Waals surface area contributed by atoms with E-state index in [-0.39, 0.29) is 5.91 Å². The number of carbonyl (C=O) groups excluding carboxylic acids is 1. The van der Waals surface area contributed by atoms with Crippen LogP contribution >= 0.6 is 11.8 Å². The number of unbranched alkanes of at least 4 members (excludes halogenated alkanes) is 1. The van der Waals surface area contributed by atoms with Gasteiger partial charge in [-0.1, -0.05) is 37.6 Å². The first-order valence-electron chi connectivity index (χ1n) is 11.1. The lowest BCUT2D eigenvalue weighted by Crippen LogP contribution is -2.47. The van der Waals surface area contributed by atoms with Crippen LogP contribution in [0.25, 0.3) is 6.08 Å². The minimum absolute atomic E-state index is 0.183. The van der Waals surface area contributed by atoms with Crippen LogP contribution in [0.1, 0.15) is 25.3 Å². The van der Waals surface area contributed by atoms with Crippen LogP contribution in [-0.2, 0) is 4.79 Å². The number of rotatable bonds is 7. The molecule has 1 saturated heterocycles. The van der Waals surface area contributed by atoms with Crippen LogP contribution in [0.3, 0.4) is 0 Å². The van der Waals surface area contributed by atoms with Gasteiger partial charge in [0.15, 0.2) is 16.7 Å².